The minimum Gasteiger partial charge on any atom is -0.248 e. The number of hydrogen-bond acceptors (Lipinski definition) is 1. The lowest BCUT2D eigenvalue weighted by Crippen LogP contribution is -1.91. The van der Waals surface area contributed by atoms with E-state index in [9.17, 15) is 0 Å². The van der Waals surface area contributed by atoms with Crippen molar-refractivity contribution in [3.8, 4) is 33.5 Å². The van der Waals surface area contributed by atoms with Crippen molar-refractivity contribution in [2.45, 2.75) is 20.8 Å². The molecule has 5 rings (SSSR count). The van der Waals surface area contributed by atoms with Crippen LogP contribution >= 0.6 is 0 Å². The maximum atomic E-state index is 4.88. The third kappa shape index (κ3) is 3.64. The van der Waals surface area contributed by atoms with Crippen LogP contribution in [0.25, 0.3) is 44.4 Å². The Morgan fingerprint density at radius 1 is 0.484 bits per heavy atom. The van der Waals surface area contributed by atoms with Crippen LogP contribution in [0.4, 0.5) is 0 Å². The van der Waals surface area contributed by atoms with Crippen molar-refractivity contribution < 1.29 is 0 Å². The molecule has 150 valence electrons. The van der Waals surface area contributed by atoms with E-state index >= 15 is 0 Å². The fourth-order valence-electron chi connectivity index (χ4n) is 4.37. The van der Waals surface area contributed by atoms with Crippen LogP contribution in [0.1, 0.15) is 16.7 Å². The predicted molar refractivity (Wildman–Crippen MR) is 132 cm³/mol. The highest BCUT2D eigenvalue weighted by Gasteiger charge is 2.09. The second-order valence-electron chi connectivity index (χ2n) is 8.26. The van der Waals surface area contributed by atoms with Crippen LogP contribution in [0, 0.1) is 20.8 Å². The minimum absolute atomic E-state index is 1.02. The van der Waals surface area contributed by atoms with Gasteiger partial charge in [0, 0.05) is 10.9 Å². The quantitative estimate of drug-likeness (QED) is 0.298. The molecule has 0 unspecified atom stereocenters. The normalized spacial score (nSPS) is 11.1. The Labute approximate surface area is 184 Å². The summed E-state index contributed by atoms with van der Waals surface area (Å²) in [5.74, 6) is 0. The standard InChI is InChI=1S/C30H25N/c1-20-8-4-6-10-26(20)27-15-12-24(18-21(27)2)25-13-16-28(22(3)19-25)30-17-14-23-9-5-7-11-29(23)31-30/h4-19H,1-3H3. The van der Waals surface area contributed by atoms with E-state index in [1.807, 2.05) is 6.07 Å². The summed E-state index contributed by atoms with van der Waals surface area (Å²) in [5, 5.41) is 1.17. The van der Waals surface area contributed by atoms with Crippen LogP contribution in [0.5, 0.6) is 0 Å². The van der Waals surface area contributed by atoms with Gasteiger partial charge < -0.3 is 0 Å². The van der Waals surface area contributed by atoms with Crippen LogP contribution < -0.4 is 0 Å². The van der Waals surface area contributed by atoms with E-state index < -0.39 is 0 Å². The van der Waals surface area contributed by atoms with Crippen molar-refractivity contribution in [2.24, 2.45) is 0 Å². The summed E-state index contributed by atoms with van der Waals surface area (Å²) in [6, 6.07) is 34.6. The third-order valence-corrected chi connectivity index (χ3v) is 6.10. The zero-order valence-corrected chi connectivity index (χ0v) is 18.2. The molecule has 1 aromatic heterocycles. The van der Waals surface area contributed by atoms with E-state index in [4.69, 9.17) is 4.98 Å². The second kappa shape index (κ2) is 7.85. The van der Waals surface area contributed by atoms with Gasteiger partial charge in [-0.1, -0.05) is 84.9 Å². The molecule has 0 aliphatic rings. The van der Waals surface area contributed by atoms with Crippen molar-refractivity contribution >= 4 is 10.9 Å². The van der Waals surface area contributed by atoms with Crippen LogP contribution in [-0.2, 0) is 0 Å². The SMILES string of the molecule is Cc1cc(-c2ccc(-c3ccccc3C)c(C)c2)ccc1-c1ccc2ccccc2n1. The maximum Gasteiger partial charge on any atom is 0.0712 e. The maximum absolute atomic E-state index is 4.88. The first-order chi connectivity index (χ1) is 15.1. The first-order valence-corrected chi connectivity index (χ1v) is 10.7. The molecule has 0 radical (unpaired) electrons. The lowest BCUT2D eigenvalue weighted by molar-refractivity contribution is 1.36. The van der Waals surface area contributed by atoms with Crippen molar-refractivity contribution in [3.63, 3.8) is 0 Å². The number of fused-ring (bicyclic) bond motifs is 1. The fraction of sp³-hybridized carbons (Fsp3) is 0.100. The zero-order valence-electron chi connectivity index (χ0n) is 18.2. The van der Waals surface area contributed by atoms with E-state index in [-0.39, 0.29) is 0 Å². The van der Waals surface area contributed by atoms with Crippen molar-refractivity contribution in [1.29, 1.82) is 0 Å². The average Bonchev–Trinajstić information content (AvgIpc) is 2.79. The highest BCUT2D eigenvalue weighted by Crippen LogP contribution is 2.32. The third-order valence-electron chi connectivity index (χ3n) is 6.10. The molecule has 0 atom stereocenters. The van der Waals surface area contributed by atoms with Gasteiger partial charge in [-0.3, -0.25) is 0 Å². The number of hydrogen-bond donors (Lipinski definition) is 0. The molecule has 1 nitrogen and oxygen atoms in total. The Kier molecular flexibility index (Phi) is 4.88. The molecule has 0 spiro atoms. The molecule has 0 saturated heterocycles. The predicted octanol–water partition coefficient (Wildman–Crippen LogP) is 8.16. The number of nitrogens with zero attached hydrogens (tertiary/aromatic N) is 1. The molecular formula is C30H25N. The summed E-state index contributed by atoms with van der Waals surface area (Å²) < 4.78 is 0. The number of benzene rings is 4. The van der Waals surface area contributed by atoms with Crippen LogP contribution in [0.15, 0.2) is 97.1 Å². The van der Waals surface area contributed by atoms with Crippen LogP contribution in [-0.4, -0.2) is 4.98 Å². The molecule has 0 aliphatic heterocycles. The summed E-state index contributed by atoms with van der Waals surface area (Å²) in [5.41, 5.74) is 12.2. The van der Waals surface area contributed by atoms with Crippen molar-refractivity contribution in [1.82, 2.24) is 4.98 Å². The van der Waals surface area contributed by atoms with E-state index in [1.54, 1.807) is 0 Å². The monoisotopic (exact) mass is 399 g/mol. The molecule has 0 N–H and O–H groups in total. The summed E-state index contributed by atoms with van der Waals surface area (Å²) in [7, 11) is 0. The first-order valence-electron chi connectivity index (χ1n) is 10.7. The highest BCUT2D eigenvalue weighted by molar-refractivity contribution is 5.83. The number of pyridine rings is 1. The van der Waals surface area contributed by atoms with Gasteiger partial charge in [-0.25, -0.2) is 4.98 Å². The summed E-state index contributed by atoms with van der Waals surface area (Å²) in [6.07, 6.45) is 0. The molecule has 0 aliphatic carbocycles. The number of para-hydroxylation sites is 1. The number of rotatable bonds is 3. The van der Waals surface area contributed by atoms with Crippen LogP contribution in [0.3, 0.4) is 0 Å². The smallest absolute Gasteiger partial charge is 0.0712 e. The van der Waals surface area contributed by atoms with Crippen molar-refractivity contribution in [2.75, 3.05) is 0 Å². The lowest BCUT2D eigenvalue weighted by atomic mass is 9.92. The molecular weight excluding hydrogens is 374 g/mol. The zero-order chi connectivity index (χ0) is 21.4. The summed E-state index contributed by atoms with van der Waals surface area (Å²) >= 11 is 0. The van der Waals surface area contributed by atoms with Gasteiger partial charge in [-0.05, 0) is 71.8 Å². The lowest BCUT2D eigenvalue weighted by Gasteiger charge is -2.13. The number of aromatic nitrogens is 1. The van der Waals surface area contributed by atoms with Gasteiger partial charge in [0.1, 0.15) is 0 Å². The van der Waals surface area contributed by atoms with Crippen LogP contribution in [0.2, 0.25) is 0 Å². The van der Waals surface area contributed by atoms with E-state index in [0.717, 1.165) is 11.2 Å². The second-order valence-corrected chi connectivity index (χ2v) is 8.26. The topological polar surface area (TPSA) is 12.9 Å². The summed E-state index contributed by atoms with van der Waals surface area (Å²) in [4.78, 5) is 4.88. The molecule has 31 heavy (non-hydrogen) atoms. The van der Waals surface area contributed by atoms with E-state index in [2.05, 4.69) is 112 Å². The molecule has 0 fully saturated rings. The van der Waals surface area contributed by atoms with Crippen molar-refractivity contribution in [3.05, 3.63) is 114 Å². The Balaban J connectivity index is 1.51. The van der Waals surface area contributed by atoms with Gasteiger partial charge in [0.15, 0.2) is 0 Å². The Morgan fingerprint density at radius 2 is 1.10 bits per heavy atom. The Morgan fingerprint density at radius 3 is 1.81 bits per heavy atom. The molecule has 0 saturated carbocycles. The first kappa shape index (κ1) is 19.3. The minimum atomic E-state index is 1.02. The molecule has 0 amide bonds. The van der Waals surface area contributed by atoms with E-state index in [1.165, 1.54) is 49.9 Å². The molecule has 4 aromatic carbocycles. The van der Waals surface area contributed by atoms with Gasteiger partial charge in [-0.2, -0.15) is 0 Å². The molecule has 0 bridgehead atoms. The largest absolute Gasteiger partial charge is 0.248 e. The molecule has 1 heterocycles. The number of aryl methyl sites for hydroxylation is 3. The van der Waals surface area contributed by atoms with Gasteiger partial charge in [0.25, 0.3) is 0 Å². The van der Waals surface area contributed by atoms with Gasteiger partial charge in [0.2, 0.25) is 0 Å². The van der Waals surface area contributed by atoms with Gasteiger partial charge in [0.05, 0.1) is 11.2 Å². The summed E-state index contributed by atoms with van der Waals surface area (Å²) in [6.45, 7) is 6.54. The molecule has 1 heteroatoms. The Hall–Kier alpha value is -3.71. The van der Waals surface area contributed by atoms with Gasteiger partial charge in [-0.15, -0.1) is 0 Å². The molecule has 5 aromatic rings. The van der Waals surface area contributed by atoms with Gasteiger partial charge >= 0.3 is 0 Å². The highest BCUT2D eigenvalue weighted by atomic mass is 14.7. The fourth-order valence-corrected chi connectivity index (χ4v) is 4.37. The Bertz CT molecular complexity index is 1410. The average molecular weight is 400 g/mol. The van der Waals surface area contributed by atoms with E-state index in [0.29, 0.717) is 0 Å².